The zero-order valence-corrected chi connectivity index (χ0v) is 13.0. The molecule has 2 rings (SSSR count). The van der Waals surface area contributed by atoms with Crippen molar-refractivity contribution in [2.24, 2.45) is 5.41 Å². The molecule has 0 spiro atoms. The molecule has 110 valence electrons. The van der Waals surface area contributed by atoms with Crippen LogP contribution in [0.5, 0.6) is 0 Å². The van der Waals surface area contributed by atoms with Crippen molar-refractivity contribution in [1.29, 1.82) is 0 Å². The summed E-state index contributed by atoms with van der Waals surface area (Å²) in [5.74, 6) is -0.144. The van der Waals surface area contributed by atoms with E-state index in [9.17, 15) is 4.79 Å². The van der Waals surface area contributed by atoms with E-state index in [2.05, 4.69) is 38.2 Å². The smallest absolute Gasteiger partial charge is 0.331 e. The molecule has 1 aliphatic rings. The number of ether oxygens (including phenoxy) is 1. The van der Waals surface area contributed by atoms with Gasteiger partial charge in [0.2, 0.25) is 0 Å². The molecule has 0 amide bonds. The molecule has 0 atom stereocenters. The maximum atomic E-state index is 12.3. The predicted molar refractivity (Wildman–Crippen MR) is 81.8 cm³/mol. The summed E-state index contributed by atoms with van der Waals surface area (Å²) in [7, 11) is 1.47. The van der Waals surface area contributed by atoms with E-state index in [1.54, 1.807) is 0 Å². The van der Waals surface area contributed by atoms with Gasteiger partial charge in [0.25, 0.3) is 0 Å². The number of anilines is 1. The molecule has 0 heterocycles. The summed E-state index contributed by atoms with van der Waals surface area (Å²) in [6, 6.07) is 8.15. The highest BCUT2D eigenvalue weighted by Crippen LogP contribution is 2.42. The van der Waals surface area contributed by atoms with Gasteiger partial charge in [-0.25, -0.2) is 4.79 Å². The average Bonchev–Trinajstić information content (AvgIpc) is 2.41. The summed E-state index contributed by atoms with van der Waals surface area (Å²) in [6.07, 6.45) is 3.70. The van der Waals surface area contributed by atoms with E-state index in [-0.39, 0.29) is 5.97 Å². The highest BCUT2D eigenvalue weighted by molar-refractivity contribution is 5.84. The van der Waals surface area contributed by atoms with Gasteiger partial charge in [0.1, 0.15) is 5.54 Å². The fraction of sp³-hybridized carbons (Fsp3) is 0.588. The predicted octanol–water partition coefficient (Wildman–Crippen LogP) is 3.92. The normalized spacial score (nSPS) is 20.2. The van der Waals surface area contributed by atoms with Crippen LogP contribution in [0.3, 0.4) is 0 Å². The highest BCUT2D eigenvalue weighted by Gasteiger charge is 2.44. The summed E-state index contributed by atoms with van der Waals surface area (Å²) in [4.78, 5) is 12.3. The Morgan fingerprint density at radius 2 is 1.85 bits per heavy atom. The van der Waals surface area contributed by atoms with Crippen LogP contribution in [0.15, 0.2) is 24.3 Å². The molecule has 1 saturated carbocycles. The molecule has 1 aromatic rings. The Morgan fingerprint density at radius 3 is 2.40 bits per heavy atom. The van der Waals surface area contributed by atoms with E-state index in [4.69, 9.17) is 4.74 Å². The Balaban J connectivity index is 2.23. The molecule has 0 unspecified atom stereocenters. The number of rotatable bonds is 3. The van der Waals surface area contributed by atoms with E-state index in [0.29, 0.717) is 5.41 Å². The zero-order chi connectivity index (χ0) is 14.8. The second-order valence-corrected chi connectivity index (χ2v) is 6.73. The monoisotopic (exact) mass is 275 g/mol. The number of aryl methyl sites for hydroxylation is 1. The van der Waals surface area contributed by atoms with Gasteiger partial charge in [0, 0.05) is 5.69 Å². The van der Waals surface area contributed by atoms with Crippen molar-refractivity contribution in [3.63, 3.8) is 0 Å². The molecular formula is C17H25NO2. The van der Waals surface area contributed by atoms with Crippen LogP contribution in [0, 0.1) is 12.3 Å². The molecule has 0 radical (unpaired) electrons. The van der Waals surface area contributed by atoms with E-state index in [0.717, 1.165) is 31.4 Å². The van der Waals surface area contributed by atoms with Crippen LogP contribution in [0.1, 0.15) is 45.1 Å². The maximum Gasteiger partial charge on any atom is 0.331 e. The second kappa shape index (κ2) is 5.47. The summed E-state index contributed by atoms with van der Waals surface area (Å²) >= 11 is 0. The Morgan fingerprint density at radius 1 is 1.20 bits per heavy atom. The molecular weight excluding hydrogens is 250 g/mol. The number of carbonyl (C=O) groups is 1. The molecule has 0 saturated heterocycles. The van der Waals surface area contributed by atoms with Gasteiger partial charge in [-0.15, -0.1) is 0 Å². The van der Waals surface area contributed by atoms with Gasteiger partial charge in [-0.05, 0) is 55.7 Å². The fourth-order valence-electron chi connectivity index (χ4n) is 2.93. The first kappa shape index (κ1) is 14.9. The average molecular weight is 275 g/mol. The van der Waals surface area contributed by atoms with Crippen LogP contribution in [-0.4, -0.2) is 18.6 Å². The lowest BCUT2D eigenvalue weighted by atomic mass is 9.69. The van der Waals surface area contributed by atoms with Crippen LogP contribution in [0.25, 0.3) is 0 Å². The topological polar surface area (TPSA) is 38.3 Å². The number of methoxy groups -OCH3 is 1. The summed E-state index contributed by atoms with van der Waals surface area (Å²) < 4.78 is 5.06. The third-order valence-electron chi connectivity index (χ3n) is 4.43. The molecule has 1 N–H and O–H groups in total. The molecule has 1 aliphatic carbocycles. The SMILES string of the molecule is COC(=O)C1(Nc2cccc(C)c2)CCC(C)(C)CC1. The van der Waals surface area contributed by atoms with Crippen molar-refractivity contribution in [1.82, 2.24) is 0 Å². The number of benzene rings is 1. The van der Waals surface area contributed by atoms with Crippen molar-refractivity contribution >= 4 is 11.7 Å². The first-order chi connectivity index (χ1) is 9.37. The van der Waals surface area contributed by atoms with Gasteiger partial charge in [0.15, 0.2) is 0 Å². The number of nitrogens with one attached hydrogen (secondary N) is 1. The first-order valence-electron chi connectivity index (χ1n) is 7.30. The van der Waals surface area contributed by atoms with Gasteiger partial charge in [-0.3, -0.25) is 0 Å². The lowest BCUT2D eigenvalue weighted by Crippen LogP contribution is -2.51. The van der Waals surface area contributed by atoms with Gasteiger partial charge in [-0.2, -0.15) is 0 Å². The number of esters is 1. The standard InChI is InChI=1S/C17H25NO2/c1-13-6-5-7-14(12-13)18-17(15(19)20-4)10-8-16(2,3)9-11-17/h5-7,12,18H,8-11H2,1-4H3. The molecule has 1 aromatic carbocycles. The number of hydrogen-bond donors (Lipinski definition) is 1. The minimum absolute atomic E-state index is 0.144. The van der Waals surface area contributed by atoms with Gasteiger partial charge in [-0.1, -0.05) is 26.0 Å². The van der Waals surface area contributed by atoms with E-state index < -0.39 is 5.54 Å². The van der Waals surface area contributed by atoms with E-state index >= 15 is 0 Å². The lowest BCUT2D eigenvalue weighted by Gasteiger charge is -2.42. The molecule has 0 aliphatic heterocycles. The largest absolute Gasteiger partial charge is 0.467 e. The van der Waals surface area contributed by atoms with Gasteiger partial charge >= 0.3 is 5.97 Å². The fourth-order valence-corrected chi connectivity index (χ4v) is 2.93. The van der Waals surface area contributed by atoms with Crippen molar-refractivity contribution in [2.45, 2.75) is 52.0 Å². The Hall–Kier alpha value is -1.51. The summed E-state index contributed by atoms with van der Waals surface area (Å²) in [5, 5.41) is 3.45. The molecule has 3 heteroatoms. The molecule has 1 fully saturated rings. The van der Waals surface area contributed by atoms with Crippen LogP contribution in [0.4, 0.5) is 5.69 Å². The number of carbonyl (C=O) groups excluding carboxylic acids is 1. The van der Waals surface area contributed by atoms with Gasteiger partial charge < -0.3 is 10.1 Å². The van der Waals surface area contributed by atoms with Crippen LogP contribution in [-0.2, 0) is 9.53 Å². The first-order valence-corrected chi connectivity index (χ1v) is 7.30. The zero-order valence-electron chi connectivity index (χ0n) is 13.0. The third kappa shape index (κ3) is 3.14. The van der Waals surface area contributed by atoms with Crippen molar-refractivity contribution in [3.05, 3.63) is 29.8 Å². The highest BCUT2D eigenvalue weighted by atomic mass is 16.5. The van der Waals surface area contributed by atoms with E-state index in [1.807, 2.05) is 12.1 Å². The van der Waals surface area contributed by atoms with Gasteiger partial charge in [0.05, 0.1) is 7.11 Å². The Kier molecular flexibility index (Phi) is 4.07. The van der Waals surface area contributed by atoms with Crippen molar-refractivity contribution < 1.29 is 9.53 Å². The summed E-state index contributed by atoms with van der Waals surface area (Å²) in [6.45, 7) is 6.59. The van der Waals surface area contributed by atoms with Crippen molar-refractivity contribution in [3.8, 4) is 0 Å². The molecule has 3 nitrogen and oxygen atoms in total. The Bertz CT molecular complexity index is 484. The molecule has 20 heavy (non-hydrogen) atoms. The number of hydrogen-bond acceptors (Lipinski definition) is 3. The summed E-state index contributed by atoms with van der Waals surface area (Å²) in [5.41, 5.74) is 1.92. The minimum Gasteiger partial charge on any atom is -0.467 e. The molecule has 0 aromatic heterocycles. The van der Waals surface area contributed by atoms with Crippen LogP contribution in [0.2, 0.25) is 0 Å². The second-order valence-electron chi connectivity index (χ2n) is 6.73. The Labute approximate surface area is 121 Å². The third-order valence-corrected chi connectivity index (χ3v) is 4.43. The quantitative estimate of drug-likeness (QED) is 0.850. The maximum absolute atomic E-state index is 12.3. The van der Waals surface area contributed by atoms with E-state index in [1.165, 1.54) is 12.7 Å². The van der Waals surface area contributed by atoms with Crippen molar-refractivity contribution in [2.75, 3.05) is 12.4 Å². The minimum atomic E-state index is -0.571. The van der Waals surface area contributed by atoms with Crippen LogP contribution < -0.4 is 5.32 Å². The lowest BCUT2D eigenvalue weighted by molar-refractivity contribution is -0.148. The van der Waals surface area contributed by atoms with Crippen LogP contribution >= 0.6 is 0 Å². The molecule has 0 bridgehead atoms.